The smallest absolute Gasteiger partial charge is 0.306 e. The number of phosphoric ester groups is 1. The van der Waals surface area contributed by atoms with E-state index in [1.165, 1.54) is 199 Å². The highest BCUT2D eigenvalue weighted by Gasteiger charge is 2.22. The fourth-order valence-corrected chi connectivity index (χ4v) is 12.4. The molecular weight excluding hydrogens is 1280 g/mol. The molecule has 10 heteroatoms. The Bertz CT molecular complexity index is 2290. The molecule has 0 aliphatic heterocycles. The van der Waals surface area contributed by atoms with Crippen molar-refractivity contribution in [2.75, 3.05) is 47.5 Å². The van der Waals surface area contributed by atoms with Gasteiger partial charge in [-0.15, -0.1) is 0 Å². The summed E-state index contributed by atoms with van der Waals surface area (Å²) in [7, 11) is 1.16. The molecule has 9 nitrogen and oxygen atoms in total. The molecule has 0 aromatic heterocycles. The molecule has 0 aliphatic carbocycles. The molecule has 584 valence electrons. The van der Waals surface area contributed by atoms with Crippen LogP contribution in [0.25, 0.3) is 0 Å². The summed E-state index contributed by atoms with van der Waals surface area (Å²) in [5.41, 5.74) is 0. The van der Waals surface area contributed by atoms with Crippen LogP contribution in [-0.4, -0.2) is 70.0 Å². The molecule has 2 unspecified atom stereocenters. The molecule has 0 bridgehead atoms. The van der Waals surface area contributed by atoms with Gasteiger partial charge in [-0.05, 0) is 122 Å². The van der Waals surface area contributed by atoms with Crippen LogP contribution in [0.15, 0.2) is 158 Å². The number of hydrogen-bond donors (Lipinski definition) is 0. The van der Waals surface area contributed by atoms with E-state index in [1.54, 1.807) is 0 Å². The third-order valence-corrected chi connectivity index (χ3v) is 19.0. The molecule has 0 radical (unpaired) electrons. The van der Waals surface area contributed by atoms with E-state index in [0.717, 1.165) is 128 Å². The number of hydrogen-bond acceptors (Lipinski definition) is 8. The highest BCUT2D eigenvalue weighted by Crippen LogP contribution is 2.38. The molecule has 0 aromatic rings. The van der Waals surface area contributed by atoms with Gasteiger partial charge in [0, 0.05) is 12.8 Å². The second-order valence-corrected chi connectivity index (χ2v) is 30.5. The summed E-state index contributed by atoms with van der Waals surface area (Å²) in [6, 6.07) is 0. The number of unbranched alkanes of at least 4 members (excludes halogenated alkanes) is 37. The zero-order chi connectivity index (χ0) is 74.0. The van der Waals surface area contributed by atoms with Crippen molar-refractivity contribution in [1.82, 2.24) is 0 Å². The molecule has 0 rings (SSSR count). The Morgan fingerprint density at radius 1 is 0.304 bits per heavy atom. The van der Waals surface area contributed by atoms with Gasteiger partial charge in [-0.25, -0.2) is 0 Å². The molecule has 0 fully saturated rings. The second kappa shape index (κ2) is 80.7. The van der Waals surface area contributed by atoms with E-state index in [9.17, 15) is 19.0 Å². The number of likely N-dealkylation sites (N-methyl/N-ethyl adjacent to an activating group) is 1. The Kier molecular flexibility index (Phi) is 77.3. The number of quaternary nitrogens is 1. The monoisotopic (exact) mass is 1440 g/mol. The number of carbonyl (C=O) groups is 2. The van der Waals surface area contributed by atoms with Crippen LogP contribution in [0.2, 0.25) is 0 Å². The van der Waals surface area contributed by atoms with Gasteiger partial charge in [-0.3, -0.25) is 14.2 Å². The summed E-state index contributed by atoms with van der Waals surface area (Å²) in [4.78, 5) is 38.2. The minimum Gasteiger partial charge on any atom is -0.756 e. The van der Waals surface area contributed by atoms with Crippen LogP contribution < -0.4 is 4.89 Å². The van der Waals surface area contributed by atoms with Gasteiger partial charge in [-0.2, -0.15) is 0 Å². The van der Waals surface area contributed by atoms with E-state index in [1.807, 2.05) is 21.1 Å². The van der Waals surface area contributed by atoms with Crippen LogP contribution in [0.1, 0.15) is 361 Å². The zero-order valence-corrected chi connectivity index (χ0v) is 67.7. The molecule has 0 aromatic carbocycles. The van der Waals surface area contributed by atoms with E-state index in [2.05, 4.69) is 172 Å². The van der Waals surface area contributed by atoms with Crippen molar-refractivity contribution in [3.8, 4) is 0 Å². The molecule has 0 spiro atoms. The number of phosphoric acid groups is 1. The highest BCUT2D eigenvalue weighted by atomic mass is 31.2. The summed E-state index contributed by atoms with van der Waals surface area (Å²) in [5, 5.41) is 0. The highest BCUT2D eigenvalue weighted by molar-refractivity contribution is 7.45. The molecule has 2 atom stereocenters. The normalized spacial score (nSPS) is 13.8. The van der Waals surface area contributed by atoms with Crippen LogP contribution >= 0.6 is 7.82 Å². The lowest BCUT2D eigenvalue weighted by Gasteiger charge is -2.28. The molecule has 0 saturated carbocycles. The maximum atomic E-state index is 12.9. The van der Waals surface area contributed by atoms with Crippen LogP contribution in [0.4, 0.5) is 0 Å². The summed E-state index contributed by atoms with van der Waals surface area (Å²) in [5.74, 6) is -0.829. The lowest BCUT2D eigenvalue weighted by molar-refractivity contribution is -0.870. The van der Waals surface area contributed by atoms with Gasteiger partial charge in [0.05, 0.1) is 27.7 Å². The molecular formula is C92H158NO8P. The Morgan fingerprint density at radius 3 is 0.784 bits per heavy atom. The molecule has 0 aliphatic rings. The number of carbonyl (C=O) groups excluding carboxylic acids is 2. The van der Waals surface area contributed by atoms with Gasteiger partial charge >= 0.3 is 11.9 Å². The van der Waals surface area contributed by atoms with Crippen molar-refractivity contribution >= 4 is 19.8 Å². The summed E-state index contributed by atoms with van der Waals surface area (Å²) in [6.07, 6.45) is 121. The predicted molar refractivity (Wildman–Crippen MR) is 443 cm³/mol. The lowest BCUT2D eigenvalue weighted by Crippen LogP contribution is -2.37. The largest absolute Gasteiger partial charge is 0.756 e. The van der Waals surface area contributed by atoms with Crippen LogP contribution in [0, 0.1) is 0 Å². The van der Waals surface area contributed by atoms with Crippen LogP contribution in [0.5, 0.6) is 0 Å². The molecule has 102 heavy (non-hydrogen) atoms. The Morgan fingerprint density at radius 2 is 0.529 bits per heavy atom. The number of allylic oxidation sites excluding steroid dienone is 26. The van der Waals surface area contributed by atoms with Crippen molar-refractivity contribution in [3.05, 3.63) is 158 Å². The van der Waals surface area contributed by atoms with E-state index >= 15 is 0 Å². The van der Waals surface area contributed by atoms with Gasteiger partial charge in [-0.1, -0.05) is 384 Å². The second-order valence-electron chi connectivity index (χ2n) is 29.1. The first-order valence-electron chi connectivity index (χ1n) is 42.2. The van der Waals surface area contributed by atoms with Gasteiger partial charge in [0.15, 0.2) is 6.10 Å². The van der Waals surface area contributed by atoms with Crippen LogP contribution in [0.3, 0.4) is 0 Å². The van der Waals surface area contributed by atoms with Gasteiger partial charge in [0.1, 0.15) is 19.8 Å². The topological polar surface area (TPSA) is 111 Å². The minimum atomic E-state index is -4.66. The standard InChI is InChI=1S/C92H158NO8P/c1-6-8-10-12-14-16-18-20-22-24-26-28-30-32-34-36-38-40-42-44-46-48-50-52-54-56-58-60-62-64-66-68-70-72-74-76-78-80-82-84-91(94)98-88-90(89-100-102(96,97)99-87-86-93(3,4)5)101-92(95)85-83-81-79-77-75-73-71-69-67-65-63-61-59-57-55-53-51-49-47-45-43-41-39-37-35-33-31-29-27-25-23-21-19-17-15-13-11-9-7-2/h8-11,14-17,20-23,26-29,33,35,39,41,45,47,51,53,57,59,90H,6-7,12-13,18-19,24-25,30-32,34,36-38,40,42-44,46,48-50,52,54-56,58,60-89H2,1-5H3/b10-8-,11-9-,16-14-,17-15-,22-20-,23-21-,28-26-,29-27-,35-33-,41-39-,47-45-,53-51-,59-57-. The van der Waals surface area contributed by atoms with Crippen molar-refractivity contribution in [3.63, 3.8) is 0 Å². The maximum Gasteiger partial charge on any atom is 0.306 e. The van der Waals surface area contributed by atoms with Crippen molar-refractivity contribution in [2.45, 2.75) is 367 Å². The average molecular weight is 1440 g/mol. The van der Waals surface area contributed by atoms with Gasteiger partial charge < -0.3 is 27.9 Å². The number of nitrogens with zero attached hydrogens (tertiary/aromatic N) is 1. The Balaban J connectivity index is 3.96. The molecule has 0 heterocycles. The molecule has 0 amide bonds. The van der Waals surface area contributed by atoms with Gasteiger partial charge in [0.2, 0.25) is 0 Å². The van der Waals surface area contributed by atoms with Crippen LogP contribution in [-0.2, 0) is 32.7 Å². The maximum absolute atomic E-state index is 12.9. The fourth-order valence-electron chi connectivity index (χ4n) is 11.7. The zero-order valence-electron chi connectivity index (χ0n) is 66.8. The van der Waals surface area contributed by atoms with Gasteiger partial charge in [0.25, 0.3) is 7.82 Å². The third kappa shape index (κ3) is 84.6. The summed E-state index contributed by atoms with van der Waals surface area (Å²) < 4.78 is 34.4. The van der Waals surface area contributed by atoms with E-state index < -0.39 is 26.5 Å². The number of rotatable bonds is 77. The summed E-state index contributed by atoms with van der Waals surface area (Å²) >= 11 is 0. The molecule has 0 saturated heterocycles. The number of esters is 2. The first kappa shape index (κ1) is 97.6. The Hall–Kier alpha value is -4.37. The van der Waals surface area contributed by atoms with Crippen molar-refractivity contribution in [1.29, 1.82) is 0 Å². The van der Waals surface area contributed by atoms with E-state index in [-0.39, 0.29) is 32.0 Å². The quantitative estimate of drug-likeness (QED) is 0.0195. The predicted octanol–water partition coefficient (Wildman–Crippen LogP) is 28.0. The van der Waals surface area contributed by atoms with E-state index in [0.29, 0.717) is 17.4 Å². The molecule has 0 N–H and O–H groups in total. The first-order chi connectivity index (χ1) is 50.0. The van der Waals surface area contributed by atoms with E-state index in [4.69, 9.17) is 18.5 Å². The first-order valence-corrected chi connectivity index (χ1v) is 43.7. The average Bonchev–Trinajstić information content (AvgIpc) is 0.914. The summed E-state index contributed by atoms with van der Waals surface area (Å²) in [6.45, 7) is 4.04. The fraction of sp³-hybridized carbons (Fsp3) is 0.696. The SMILES string of the molecule is CC/C=C\C/C=C\C/C=C\C/C=C\C/C=C\C/C=C\C/C=C\C/C=C\C/C=C\CCCCCCCCCCCCCC(=O)OC(COC(=O)CCCCCCCCCCCCCCCCCCCCCCCCCCCC/C=C\C/C=C\C/C=C\C/C=C\CC)COP(=O)([O-])OCC[N+](C)(C)C. The minimum absolute atomic E-state index is 0.0356. The van der Waals surface area contributed by atoms with Crippen molar-refractivity contribution < 1.29 is 42.1 Å². The lowest BCUT2D eigenvalue weighted by atomic mass is 10.0. The van der Waals surface area contributed by atoms with Crippen molar-refractivity contribution in [2.24, 2.45) is 0 Å². The Labute approximate surface area is 630 Å². The number of ether oxygens (including phenoxy) is 2. The third-order valence-electron chi connectivity index (χ3n) is 18.0.